The van der Waals surface area contributed by atoms with Gasteiger partial charge in [0.15, 0.2) is 0 Å². The van der Waals surface area contributed by atoms with Gasteiger partial charge in [0.1, 0.15) is 11.1 Å². The Balaban J connectivity index is 1.61. The lowest BCUT2D eigenvalue weighted by Gasteiger charge is -2.21. The number of nitrogens with zero attached hydrogens (tertiary/aromatic N) is 2. The van der Waals surface area contributed by atoms with Gasteiger partial charge in [-0.15, -0.1) is 0 Å². The van der Waals surface area contributed by atoms with Gasteiger partial charge in [-0.05, 0) is 42.4 Å². The van der Waals surface area contributed by atoms with E-state index in [0.29, 0.717) is 23.1 Å². The van der Waals surface area contributed by atoms with Crippen LogP contribution in [0.1, 0.15) is 35.7 Å². The molecule has 1 aliphatic rings. The fraction of sp³-hybridized carbons (Fsp3) is 0.350. The van der Waals surface area contributed by atoms with E-state index < -0.39 is 0 Å². The summed E-state index contributed by atoms with van der Waals surface area (Å²) in [5.74, 6) is 0.859. The first-order valence-electron chi connectivity index (χ1n) is 8.52. The minimum absolute atomic E-state index is 0.0501. The first kappa shape index (κ1) is 17.5. The molecule has 1 aliphatic carbocycles. The van der Waals surface area contributed by atoms with Crippen LogP contribution in [0.2, 0.25) is 0 Å². The fourth-order valence-corrected chi connectivity index (χ4v) is 3.80. The standard InChI is InChI=1S/C20H21N3OS/c1-14-7-8-18-16(9-14)10-17(11-21)20(23-18)25-13-19(24)22-12-15-5-3-2-4-6-15/h2-6,10,14H,7-9,12-13H2,1H3,(H,22,24). The largest absolute Gasteiger partial charge is 0.351 e. The summed E-state index contributed by atoms with van der Waals surface area (Å²) in [6, 6.07) is 14.0. The first-order valence-corrected chi connectivity index (χ1v) is 9.50. The molecule has 1 N–H and O–H groups in total. The van der Waals surface area contributed by atoms with E-state index in [1.807, 2.05) is 36.4 Å². The first-order chi connectivity index (χ1) is 12.2. The predicted molar refractivity (Wildman–Crippen MR) is 99.2 cm³/mol. The number of amides is 1. The van der Waals surface area contributed by atoms with Gasteiger partial charge in [0.2, 0.25) is 5.91 Å². The van der Waals surface area contributed by atoms with Crippen LogP contribution in [0.15, 0.2) is 41.4 Å². The van der Waals surface area contributed by atoms with Crippen LogP contribution in [0, 0.1) is 17.2 Å². The quantitative estimate of drug-likeness (QED) is 0.838. The number of fused-ring (bicyclic) bond motifs is 1. The summed E-state index contributed by atoms with van der Waals surface area (Å²) in [7, 11) is 0. The summed E-state index contributed by atoms with van der Waals surface area (Å²) in [5, 5.41) is 13.0. The summed E-state index contributed by atoms with van der Waals surface area (Å²) in [5.41, 5.74) is 3.92. The highest BCUT2D eigenvalue weighted by Gasteiger charge is 2.19. The van der Waals surface area contributed by atoms with Crippen molar-refractivity contribution in [3.05, 3.63) is 58.8 Å². The number of hydrogen-bond acceptors (Lipinski definition) is 4. The third kappa shape index (κ3) is 4.61. The molecule has 128 valence electrons. The number of hydrogen-bond donors (Lipinski definition) is 1. The van der Waals surface area contributed by atoms with E-state index in [1.54, 1.807) is 0 Å². The molecule has 0 saturated carbocycles. The Labute approximate surface area is 152 Å². The maximum Gasteiger partial charge on any atom is 0.230 e. The van der Waals surface area contributed by atoms with E-state index in [0.717, 1.165) is 30.5 Å². The number of aromatic nitrogens is 1. The molecule has 1 atom stereocenters. The topological polar surface area (TPSA) is 65.8 Å². The number of benzene rings is 1. The normalized spacial score (nSPS) is 15.9. The number of pyridine rings is 1. The molecule has 1 unspecified atom stereocenters. The van der Waals surface area contributed by atoms with Crippen molar-refractivity contribution in [1.29, 1.82) is 5.26 Å². The van der Waals surface area contributed by atoms with Crippen molar-refractivity contribution in [2.24, 2.45) is 5.92 Å². The van der Waals surface area contributed by atoms with Crippen LogP contribution >= 0.6 is 11.8 Å². The second-order valence-electron chi connectivity index (χ2n) is 6.46. The molecule has 3 rings (SSSR count). The van der Waals surface area contributed by atoms with E-state index in [1.165, 1.54) is 17.3 Å². The SMILES string of the molecule is CC1CCc2nc(SCC(=O)NCc3ccccc3)c(C#N)cc2C1. The monoisotopic (exact) mass is 351 g/mol. The molecule has 0 spiro atoms. The third-order valence-electron chi connectivity index (χ3n) is 4.39. The van der Waals surface area contributed by atoms with Gasteiger partial charge in [-0.2, -0.15) is 5.26 Å². The van der Waals surface area contributed by atoms with Crippen molar-refractivity contribution < 1.29 is 4.79 Å². The highest BCUT2D eigenvalue weighted by Crippen LogP contribution is 2.29. The van der Waals surface area contributed by atoms with Gasteiger partial charge in [-0.1, -0.05) is 49.0 Å². The molecule has 0 fully saturated rings. The summed E-state index contributed by atoms with van der Waals surface area (Å²) < 4.78 is 0. The number of thioether (sulfide) groups is 1. The van der Waals surface area contributed by atoms with Gasteiger partial charge in [0.25, 0.3) is 0 Å². The number of carbonyl (C=O) groups excluding carboxylic acids is 1. The maximum absolute atomic E-state index is 12.1. The molecule has 1 aromatic carbocycles. The molecular formula is C20H21N3OS. The van der Waals surface area contributed by atoms with Gasteiger partial charge < -0.3 is 5.32 Å². The highest BCUT2D eigenvalue weighted by atomic mass is 32.2. The zero-order valence-electron chi connectivity index (χ0n) is 14.3. The van der Waals surface area contributed by atoms with Crippen LogP contribution < -0.4 is 5.32 Å². The maximum atomic E-state index is 12.1. The zero-order chi connectivity index (χ0) is 17.6. The number of carbonyl (C=O) groups is 1. The van der Waals surface area contributed by atoms with Crippen LogP contribution in [0.25, 0.3) is 0 Å². The van der Waals surface area contributed by atoms with Crippen LogP contribution in [-0.2, 0) is 24.2 Å². The van der Waals surface area contributed by atoms with E-state index in [9.17, 15) is 10.1 Å². The Kier molecular flexibility index (Phi) is 5.72. The fourth-order valence-electron chi connectivity index (χ4n) is 3.00. The van der Waals surface area contributed by atoms with Gasteiger partial charge in [0, 0.05) is 12.2 Å². The van der Waals surface area contributed by atoms with Crippen molar-refractivity contribution in [3.8, 4) is 6.07 Å². The van der Waals surface area contributed by atoms with Crippen LogP contribution in [0.3, 0.4) is 0 Å². The second kappa shape index (κ2) is 8.17. The predicted octanol–water partition coefficient (Wildman–Crippen LogP) is 3.49. The Morgan fingerprint density at radius 3 is 2.96 bits per heavy atom. The van der Waals surface area contributed by atoms with E-state index in [4.69, 9.17) is 0 Å². The summed E-state index contributed by atoms with van der Waals surface area (Å²) >= 11 is 1.34. The Morgan fingerprint density at radius 2 is 2.20 bits per heavy atom. The molecule has 5 heteroatoms. The molecule has 0 saturated heterocycles. The lowest BCUT2D eigenvalue weighted by atomic mass is 9.87. The molecule has 4 nitrogen and oxygen atoms in total. The molecule has 0 bridgehead atoms. The minimum Gasteiger partial charge on any atom is -0.351 e. The van der Waals surface area contributed by atoms with Crippen molar-refractivity contribution in [2.75, 3.05) is 5.75 Å². The third-order valence-corrected chi connectivity index (χ3v) is 5.38. The molecule has 0 aliphatic heterocycles. The molecule has 1 heterocycles. The van der Waals surface area contributed by atoms with E-state index in [2.05, 4.69) is 23.3 Å². The Morgan fingerprint density at radius 1 is 1.40 bits per heavy atom. The smallest absolute Gasteiger partial charge is 0.230 e. The summed E-state index contributed by atoms with van der Waals surface area (Å²) in [6.45, 7) is 2.75. The average molecular weight is 351 g/mol. The number of rotatable bonds is 5. The molecule has 0 radical (unpaired) electrons. The van der Waals surface area contributed by atoms with Crippen molar-refractivity contribution >= 4 is 17.7 Å². The zero-order valence-corrected chi connectivity index (χ0v) is 15.1. The Bertz CT molecular complexity index is 799. The lowest BCUT2D eigenvalue weighted by Crippen LogP contribution is -2.24. The molecule has 1 aromatic heterocycles. The van der Waals surface area contributed by atoms with Gasteiger partial charge in [-0.25, -0.2) is 4.98 Å². The second-order valence-corrected chi connectivity index (χ2v) is 7.42. The highest BCUT2D eigenvalue weighted by molar-refractivity contribution is 8.00. The molecule has 2 aromatic rings. The van der Waals surface area contributed by atoms with Gasteiger partial charge in [-0.3, -0.25) is 4.79 Å². The van der Waals surface area contributed by atoms with Crippen molar-refractivity contribution in [1.82, 2.24) is 10.3 Å². The molecular weight excluding hydrogens is 330 g/mol. The van der Waals surface area contributed by atoms with Crippen LogP contribution in [-0.4, -0.2) is 16.6 Å². The van der Waals surface area contributed by atoms with Crippen molar-refractivity contribution in [2.45, 2.75) is 37.8 Å². The van der Waals surface area contributed by atoms with Crippen LogP contribution in [0.4, 0.5) is 0 Å². The molecule has 1 amide bonds. The lowest BCUT2D eigenvalue weighted by molar-refractivity contribution is -0.118. The van der Waals surface area contributed by atoms with E-state index in [-0.39, 0.29) is 11.7 Å². The van der Waals surface area contributed by atoms with Gasteiger partial charge in [0.05, 0.1) is 11.3 Å². The number of aryl methyl sites for hydroxylation is 1. The Hall–Kier alpha value is -2.32. The van der Waals surface area contributed by atoms with Crippen molar-refractivity contribution in [3.63, 3.8) is 0 Å². The van der Waals surface area contributed by atoms with Crippen LogP contribution in [0.5, 0.6) is 0 Å². The number of nitriles is 1. The summed E-state index contributed by atoms with van der Waals surface area (Å²) in [6.07, 6.45) is 3.07. The number of nitrogens with one attached hydrogen (secondary N) is 1. The summed E-state index contributed by atoms with van der Waals surface area (Å²) in [4.78, 5) is 16.7. The minimum atomic E-state index is -0.0501. The van der Waals surface area contributed by atoms with Gasteiger partial charge >= 0.3 is 0 Å². The van der Waals surface area contributed by atoms with E-state index >= 15 is 0 Å². The molecule has 25 heavy (non-hydrogen) atoms. The average Bonchev–Trinajstić information content (AvgIpc) is 2.64.